The molecule has 0 saturated carbocycles. The van der Waals surface area contributed by atoms with Crippen LogP contribution in [-0.4, -0.2) is 81.6 Å². The van der Waals surface area contributed by atoms with Crippen LogP contribution in [0.2, 0.25) is 0 Å². The summed E-state index contributed by atoms with van der Waals surface area (Å²) in [5, 5.41) is 3.47. The van der Waals surface area contributed by atoms with E-state index >= 15 is 0 Å². The predicted octanol–water partition coefficient (Wildman–Crippen LogP) is 4.30. The van der Waals surface area contributed by atoms with E-state index < -0.39 is 83.6 Å². The van der Waals surface area contributed by atoms with Gasteiger partial charge in [0, 0.05) is 25.6 Å². The predicted molar refractivity (Wildman–Crippen MR) is 212 cm³/mol. The molecule has 17 nitrogen and oxygen atoms in total. The Labute approximate surface area is 339 Å². The highest BCUT2D eigenvalue weighted by atomic mass is 32.2. The van der Waals surface area contributed by atoms with E-state index in [4.69, 9.17) is 39.4 Å². The fourth-order valence-corrected chi connectivity index (χ4v) is 8.24. The van der Waals surface area contributed by atoms with Crippen molar-refractivity contribution in [1.82, 2.24) is 4.31 Å². The number of hydrogen-bond donors (Lipinski definition) is 2. The minimum absolute atomic E-state index is 0.0308. The molecule has 3 aromatic carbocycles. The Morgan fingerprint density at radius 3 is 1.88 bits per heavy atom. The zero-order valence-electron chi connectivity index (χ0n) is 33.8. The van der Waals surface area contributed by atoms with Crippen molar-refractivity contribution in [3.63, 3.8) is 0 Å². The first-order chi connectivity index (χ1) is 26.9. The van der Waals surface area contributed by atoms with Crippen molar-refractivity contribution in [2.75, 3.05) is 19.8 Å². The second-order valence-corrected chi connectivity index (χ2v) is 18.3. The summed E-state index contributed by atoms with van der Waals surface area (Å²) in [6, 6.07) is 17.6. The third-order valence-corrected chi connectivity index (χ3v) is 10.9. The van der Waals surface area contributed by atoms with Crippen LogP contribution in [0.5, 0.6) is 11.5 Å². The van der Waals surface area contributed by atoms with E-state index in [1.807, 2.05) is 0 Å². The van der Waals surface area contributed by atoms with Crippen LogP contribution in [0.15, 0.2) is 87.7 Å². The van der Waals surface area contributed by atoms with Crippen molar-refractivity contribution >= 4 is 44.0 Å². The average Bonchev–Trinajstić information content (AvgIpc) is 3.10. The normalized spacial score (nSPS) is 12.3. The quantitative estimate of drug-likeness (QED) is 0.0325. The van der Waals surface area contributed by atoms with E-state index in [1.165, 1.54) is 30.3 Å². The number of nitrogens with two attached hydrogens (primary N) is 2. The Morgan fingerprint density at radius 1 is 0.776 bits per heavy atom. The van der Waals surface area contributed by atoms with E-state index in [2.05, 4.69) is 5.16 Å². The fourth-order valence-electron chi connectivity index (χ4n) is 5.12. The Bertz CT molecular complexity index is 2130. The number of rotatable bonds is 19. The van der Waals surface area contributed by atoms with Crippen LogP contribution in [0, 0.1) is 6.92 Å². The van der Waals surface area contributed by atoms with Gasteiger partial charge in [-0.1, -0.05) is 42.5 Å². The van der Waals surface area contributed by atoms with Crippen LogP contribution in [0.3, 0.4) is 0 Å². The van der Waals surface area contributed by atoms with E-state index in [9.17, 15) is 31.2 Å². The Morgan fingerprint density at radius 2 is 1.33 bits per heavy atom. The standard InChI is InChI=1S/C39H52N4O13S2/c1-9-51-33(44)19-21-43(26-28-15-11-10-12-16-28)57(47,48)31-17-13-14-18-32(31)58(49,50)55-30-24-27(2)23-29(25-30)52-22-20-39(56-42-36(40)41,34(45)53-37(3,4)5)35(46)54-38(6,7)8/h10-18,23-25H,9,19-22,26H2,1-8H3,(H4,40,41,42). The second-order valence-electron chi connectivity index (χ2n) is 14.9. The SMILES string of the molecule is CCOC(=O)CCN(Cc1ccccc1)S(=O)(=O)c1ccccc1S(=O)(=O)Oc1cc(C)cc(OCCC(ON=C(N)N)(C(=O)OC(C)(C)C)C(=O)OC(C)(C)C)c1. The molecule has 0 aliphatic heterocycles. The van der Waals surface area contributed by atoms with Gasteiger partial charge in [0.2, 0.25) is 16.0 Å². The molecule has 0 aliphatic rings. The van der Waals surface area contributed by atoms with Gasteiger partial charge in [0.15, 0.2) is 0 Å². The summed E-state index contributed by atoms with van der Waals surface area (Å²) in [4.78, 5) is 43.5. The van der Waals surface area contributed by atoms with E-state index in [0.717, 1.165) is 16.4 Å². The molecule has 0 aliphatic carbocycles. The monoisotopic (exact) mass is 848 g/mol. The molecule has 0 spiro atoms. The lowest BCUT2D eigenvalue weighted by Gasteiger charge is -2.32. The topological polar surface area (TPSA) is 243 Å². The first-order valence-electron chi connectivity index (χ1n) is 18.1. The van der Waals surface area contributed by atoms with Crippen LogP contribution >= 0.6 is 0 Å². The Balaban J connectivity index is 1.97. The largest absolute Gasteiger partial charge is 0.493 e. The minimum atomic E-state index is -4.86. The number of aryl methyl sites for hydroxylation is 1. The van der Waals surface area contributed by atoms with Crippen molar-refractivity contribution < 1.29 is 59.2 Å². The van der Waals surface area contributed by atoms with Crippen LogP contribution in [0.1, 0.15) is 72.4 Å². The third-order valence-electron chi connectivity index (χ3n) is 7.53. The van der Waals surface area contributed by atoms with Crippen LogP contribution in [0.4, 0.5) is 0 Å². The summed E-state index contributed by atoms with van der Waals surface area (Å²) < 4.78 is 84.6. The smallest absolute Gasteiger partial charge is 0.366 e. The number of sulfonamides is 1. The molecule has 0 amide bonds. The zero-order chi connectivity index (χ0) is 43.5. The number of esters is 3. The van der Waals surface area contributed by atoms with Gasteiger partial charge < -0.3 is 39.4 Å². The molecule has 0 aromatic heterocycles. The van der Waals surface area contributed by atoms with Crippen molar-refractivity contribution in [1.29, 1.82) is 0 Å². The molecular weight excluding hydrogens is 797 g/mol. The number of oxime groups is 1. The van der Waals surface area contributed by atoms with Gasteiger partial charge in [-0.3, -0.25) is 4.79 Å². The van der Waals surface area contributed by atoms with Crippen molar-refractivity contribution in [3.05, 3.63) is 83.9 Å². The van der Waals surface area contributed by atoms with Crippen molar-refractivity contribution in [3.8, 4) is 11.5 Å². The van der Waals surface area contributed by atoms with Crippen LogP contribution < -0.4 is 20.4 Å². The van der Waals surface area contributed by atoms with Crippen molar-refractivity contribution in [2.45, 2.75) is 101 Å². The summed E-state index contributed by atoms with van der Waals surface area (Å²) in [6.07, 6.45) is -0.828. The number of guanidine groups is 1. The van der Waals surface area contributed by atoms with Crippen LogP contribution in [0.25, 0.3) is 0 Å². The minimum Gasteiger partial charge on any atom is -0.493 e. The van der Waals surface area contributed by atoms with Gasteiger partial charge >= 0.3 is 33.6 Å². The maximum Gasteiger partial charge on any atom is 0.366 e. The lowest BCUT2D eigenvalue weighted by atomic mass is 9.99. The molecule has 0 unspecified atom stereocenters. The molecule has 19 heteroatoms. The molecule has 318 valence electrons. The van der Waals surface area contributed by atoms with Gasteiger partial charge in [0.05, 0.1) is 19.6 Å². The van der Waals surface area contributed by atoms with E-state index in [1.54, 1.807) is 85.7 Å². The lowest BCUT2D eigenvalue weighted by molar-refractivity contribution is -0.205. The molecule has 0 saturated heterocycles. The van der Waals surface area contributed by atoms with Crippen LogP contribution in [-0.2, 0) is 60.1 Å². The highest BCUT2D eigenvalue weighted by Crippen LogP contribution is 2.32. The number of carbonyl (C=O) groups excluding carboxylic acids is 3. The molecule has 3 rings (SSSR count). The first kappa shape index (κ1) is 47.0. The average molecular weight is 849 g/mol. The van der Waals surface area contributed by atoms with Gasteiger partial charge in [0.25, 0.3) is 0 Å². The number of carbonyl (C=O) groups is 3. The molecule has 0 atom stereocenters. The molecule has 0 radical (unpaired) electrons. The number of nitrogens with zero attached hydrogens (tertiary/aromatic N) is 2. The highest BCUT2D eigenvalue weighted by Gasteiger charge is 2.55. The summed E-state index contributed by atoms with van der Waals surface area (Å²) >= 11 is 0. The van der Waals surface area contributed by atoms with Gasteiger partial charge in [-0.05, 0) is 95.9 Å². The summed E-state index contributed by atoms with van der Waals surface area (Å²) in [5.41, 5.74) is 7.27. The Kier molecular flexibility index (Phi) is 15.7. The zero-order valence-corrected chi connectivity index (χ0v) is 35.5. The number of benzene rings is 3. The molecule has 0 fully saturated rings. The maximum atomic E-state index is 14.2. The first-order valence-corrected chi connectivity index (χ1v) is 20.9. The third kappa shape index (κ3) is 13.6. The second kappa shape index (κ2) is 19.4. The summed E-state index contributed by atoms with van der Waals surface area (Å²) in [5.74, 6) is -3.79. The molecule has 0 heterocycles. The van der Waals surface area contributed by atoms with Gasteiger partial charge in [0.1, 0.15) is 32.5 Å². The lowest BCUT2D eigenvalue weighted by Crippen LogP contribution is -2.54. The fraction of sp³-hybridized carbons (Fsp3) is 0.436. The highest BCUT2D eigenvalue weighted by molar-refractivity contribution is 7.91. The van der Waals surface area contributed by atoms with Gasteiger partial charge in [-0.15, -0.1) is 0 Å². The molecule has 3 aromatic rings. The summed E-state index contributed by atoms with van der Waals surface area (Å²) in [7, 11) is -9.43. The molecular formula is C39H52N4O13S2. The van der Waals surface area contributed by atoms with Crippen molar-refractivity contribution in [2.24, 2.45) is 16.6 Å². The van der Waals surface area contributed by atoms with E-state index in [0.29, 0.717) is 11.1 Å². The summed E-state index contributed by atoms with van der Waals surface area (Å²) in [6.45, 7) is 11.9. The molecule has 58 heavy (non-hydrogen) atoms. The molecule has 4 N–H and O–H groups in total. The van der Waals surface area contributed by atoms with E-state index in [-0.39, 0.29) is 37.6 Å². The Hall–Kier alpha value is -5.40. The molecule has 0 bridgehead atoms. The van der Waals surface area contributed by atoms with Gasteiger partial charge in [-0.2, -0.15) is 12.7 Å². The van der Waals surface area contributed by atoms with Gasteiger partial charge in [-0.25, -0.2) is 18.0 Å². The maximum absolute atomic E-state index is 14.2. The number of hydrogen-bond acceptors (Lipinski definition) is 14. The number of ether oxygens (including phenoxy) is 4.